The lowest BCUT2D eigenvalue weighted by atomic mass is 10.1. The van der Waals surface area contributed by atoms with Crippen LogP contribution in [0.5, 0.6) is 0 Å². The summed E-state index contributed by atoms with van der Waals surface area (Å²) in [5, 5.41) is 11.4. The molecular weight excluding hydrogens is 363 g/mol. The van der Waals surface area contributed by atoms with E-state index in [0.29, 0.717) is 16.5 Å². The third-order valence-corrected chi connectivity index (χ3v) is 5.46. The quantitative estimate of drug-likeness (QED) is 0.664. The first-order valence-corrected chi connectivity index (χ1v) is 9.44. The molecule has 140 valence electrons. The van der Waals surface area contributed by atoms with Crippen LogP contribution >= 0.6 is 11.8 Å². The van der Waals surface area contributed by atoms with Gasteiger partial charge in [0.2, 0.25) is 5.91 Å². The minimum Gasteiger partial charge on any atom is -0.325 e. The van der Waals surface area contributed by atoms with Crippen molar-refractivity contribution in [2.75, 3.05) is 5.32 Å². The second-order valence-corrected chi connectivity index (χ2v) is 7.67. The van der Waals surface area contributed by atoms with Crippen molar-refractivity contribution in [3.8, 4) is 11.4 Å². The van der Waals surface area contributed by atoms with Crippen molar-refractivity contribution >= 4 is 23.4 Å². The number of rotatable bonds is 5. The highest BCUT2D eigenvalue weighted by Crippen LogP contribution is 2.28. The first kappa shape index (κ1) is 19.1. The maximum atomic E-state index is 14.0. The lowest BCUT2D eigenvalue weighted by Crippen LogP contribution is -2.23. The first-order valence-electron chi connectivity index (χ1n) is 8.56. The van der Waals surface area contributed by atoms with Crippen LogP contribution in [0.3, 0.4) is 0 Å². The summed E-state index contributed by atoms with van der Waals surface area (Å²) in [5.74, 6) is -0.0452. The summed E-state index contributed by atoms with van der Waals surface area (Å²) in [6, 6.07) is 12.3. The van der Waals surface area contributed by atoms with Gasteiger partial charge in [-0.3, -0.25) is 4.79 Å². The van der Waals surface area contributed by atoms with Crippen molar-refractivity contribution in [3.05, 3.63) is 59.4 Å². The molecule has 3 aromatic rings. The monoisotopic (exact) mass is 384 g/mol. The Morgan fingerprint density at radius 3 is 2.44 bits per heavy atom. The molecule has 1 amide bonds. The van der Waals surface area contributed by atoms with Gasteiger partial charge in [0.05, 0.1) is 10.8 Å². The molecule has 0 aliphatic rings. The maximum Gasteiger partial charge on any atom is 0.237 e. The fourth-order valence-electron chi connectivity index (χ4n) is 2.74. The molecule has 7 heteroatoms. The minimum absolute atomic E-state index is 0.118. The van der Waals surface area contributed by atoms with Gasteiger partial charge in [-0.15, -0.1) is 10.2 Å². The van der Waals surface area contributed by atoms with Crippen LogP contribution in [0.2, 0.25) is 0 Å². The van der Waals surface area contributed by atoms with Crippen LogP contribution in [0.4, 0.5) is 10.1 Å². The van der Waals surface area contributed by atoms with Gasteiger partial charge >= 0.3 is 0 Å². The standard InChI is InChI=1S/C20H21FN4OS/c1-12-8-7-9-13(2)17(12)22-19(26)14(3)27-20-24-23-18(25(20)4)15-10-5-6-11-16(15)21/h5-11,14H,1-4H3,(H,22,26)/t14-/m0/s1. The van der Waals surface area contributed by atoms with Crippen LogP contribution in [0.15, 0.2) is 47.6 Å². The van der Waals surface area contributed by atoms with Crippen LogP contribution in [0, 0.1) is 19.7 Å². The molecule has 0 radical (unpaired) electrons. The molecule has 0 saturated heterocycles. The van der Waals surface area contributed by atoms with E-state index in [1.165, 1.54) is 17.8 Å². The summed E-state index contributed by atoms with van der Waals surface area (Å²) in [5.41, 5.74) is 3.24. The molecule has 1 N–H and O–H groups in total. The lowest BCUT2D eigenvalue weighted by Gasteiger charge is -2.15. The van der Waals surface area contributed by atoms with Crippen LogP contribution in [0.25, 0.3) is 11.4 Å². The van der Waals surface area contributed by atoms with Crippen molar-refractivity contribution in [2.24, 2.45) is 7.05 Å². The van der Waals surface area contributed by atoms with E-state index < -0.39 is 0 Å². The second-order valence-electron chi connectivity index (χ2n) is 6.36. The highest BCUT2D eigenvalue weighted by atomic mass is 32.2. The molecule has 2 aromatic carbocycles. The summed E-state index contributed by atoms with van der Waals surface area (Å²) >= 11 is 1.29. The van der Waals surface area contributed by atoms with Crippen molar-refractivity contribution in [1.29, 1.82) is 0 Å². The van der Waals surface area contributed by atoms with E-state index >= 15 is 0 Å². The number of hydrogen-bond donors (Lipinski definition) is 1. The fraction of sp³-hybridized carbons (Fsp3) is 0.250. The third-order valence-electron chi connectivity index (χ3n) is 4.33. The molecule has 0 unspecified atom stereocenters. The van der Waals surface area contributed by atoms with E-state index in [1.54, 1.807) is 29.8 Å². The van der Waals surface area contributed by atoms with Crippen molar-refractivity contribution in [3.63, 3.8) is 0 Å². The van der Waals surface area contributed by atoms with E-state index in [4.69, 9.17) is 0 Å². The van der Waals surface area contributed by atoms with Crippen LogP contribution in [-0.4, -0.2) is 25.9 Å². The van der Waals surface area contributed by atoms with E-state index in [2.05, 4.69) is 15.5 Å². The van der Waals surface area contributed by atoms with Crippen molar-refractivity contribution < 1.29 is 9.18 Å². The zero-order valence-corrected chi connectivity index (χ0v) is 16.5. The third kappa shape index (κ3) is 4.03. The van der Waals surface area contributed by atoms with Crippen LogP contribution < -0.4 is 5.32 Å². The number of amides is 1. The summed E-state index contributed by atoms with van der Waals surface area (Å²) in [6.07, 6.45) is 0. The zero-order valence-electron chi connectivity index (χ0n) is 15.7. The van der Waals surface area contributed by atoms with Gasteiger partial charge in [-0.2, -0.15) is 0 Å². The van der Waals surface area contributed by atoms with Gasteiger partial charge < -0.3 is 9.88 Å². The SMILES string of the molecule is Cc1cccc(C)c1NC(=O)[C@H](C)Sc1nnc(-c2ccccc2F)n1C. The Kier molecular flexibility index (Phi) is 5.60. The number of anilines is 1. The zero-order chi connectivity index (χ0) is 19.6. The Labute approximate surface area is 162 Å². The second kappa shape index (κ2) is 7.92. The van der Waals surface area contributed by atoms with Gasteiger partial charge in [0.1, 0.15) is 5.82 Å². The summed E-state index contributed by atoms with van der Waals surface area (Å²) in [4.78, 5) is 12.6. The topological polar surface area (TPSA) is 59.8 Å². The molecule has 0 fully saturated rings. The summed E-state index contributed by atoms with van der Waals surface area (Å²) in [6.45, 7) is 5.73. The Hall–Kier alpha value is -2.67. The molecule has 0 aliphatic carbocycles. The lowest BCUT2D eigenvalue weighted by molar-refractivity contribution is -0.115. The molecule has 5 nitrogen and oxygen atoms in total. The molecule has 0 saturated carbocycles. The Morgan fingerprint density at radius 2 is 1.78 bits per heavy atom. The van der Waals surface area contributed by atoms with E-state index in [9.17, 15) is 9.18 Å². The Balaban J connectivity index is 1.76. The molecule has 1 aromatic heterocycles. The predicted octanol–water partition coefficient (Wildman–Crippen LogP) is 4.36. The number of aromatic nitrogens is 3. The average Bonchev–Trinajstić information content (AvgIpc) is 2.99. The minimum atomic E-state index is -0.389. The highest BCUT2D eigenvalue weighted by Gasteiger charge is 2.21. The van der Waals surface area contributed by atoms with Gasteiger partial charge in [-0.1, -0.05) is 42.1 Å². The molecule has 0 aliphatic heterocycles. The number of halogens is 1. The normalized spacial score (nSPS) is 12.0. The van der Waals surface area contributed by atoms with Gasteiger partial charge in [-0.05, 0) is 44.0 Å². The van der Waals surface area contributed by atoms with Crippen LogP contribution in [-0.2, 0) is 11.8 Å². The number of aryl methyl sites for hydroxylation is 2. The molecular formula is C20H21FN4OS. The van der Waals surface area contributed by atoms with Gasteiger partial charge in [0.25, 0.3) is 0 Å². The number of carbonyl (C=O) groups is 1. The number of thioether (sulfide) groups is 1. The molecule has 1 atom stereocenters. The van der Waals surface area contributed by atoms with Crippen molar-refractivity contribution in [1.82, 2.24) is 14.8 Å². The average molecular weight is 384 g/mol. The molecule has 1 heterocycles. The smallest absolute Gasteiger partial charge is 0.237 e. The largest absolute Gasteiger partial charge is 0.325 e. The van der Waals surface area contributed by atoms with Crippen LogP contribution in [0.1, 0.15) is 18.1 Å². The Morgan fingerprint density at radius 1 is 1.11 bits per heavy atom. The number of benzene rings is 2. The van der Waals surface area contributed by atoms with E-state index in [0.717, 1.165) is 16.8 Å². The van der Waals surface area contributed by atoms with Gasteiger partial charge in [0, 0.05) is 12.7 Å². The number of nitrogens with one attached hydrogen (secondary N) is 1. The Bertz CT molecular complexity index is 966. The summed E-state index contributed by atoms with van der Waals surface area (Å²) in [7, 11) is 1.76. The van der Waals surface area contributed by atoms with E-state index in [1.807, 2.05) is 39.0 Å². The number of nitrogens with zero attached hydrogens (tertiary/aromatic N) is 3. The number of hydrogen-bond acceptors (Lipinski definition) is 4. The van der Waals surface area contributed by atoms with Gasteiger partial charge in [-0.25, -0.2) is 4.39 Å². The molecule has 0 bridgehead atoms. The highest BCUT2D eigenvalue weighted by molar-refractivity contribution is 8.00. The molecule has 0 spiro atoms. The predicted molar refractivity (Wildman–Crippen MR) is 106 cm³/mol. The molecule has 27 heavy (non-hydrogen) atoms. The van der Waals surface area contributed by atoms with Crippen molar-refractivity contribution in [2.45, 2.75) is 31.2 Å². The van der Waals surface area contributed by atoms with Gasteiger partial charge in [0.15, 0.2) is 11.0 Å². The number of carbonyl (C=O) groups excluding carboxylic acids is 1. The summed E-state index contributed by atoms with van der Waals surface area (Å²) < 4.78 is 15.7. The fourth-order valence-corrected chi connectivity index (χ4v) is 3.56. The van der Waals surface area contributed by atoms with E-state index in [-0.39, 0.29) is 17.0 Å². The first-order chi connectivity index (χ1) is 12.9. The maximum absolute atomic E-state index is 14.0. The number of para-hydroxylation sites is 1. The molecule has 3 rings (SSSR count).